The molecule has 0 fully saturated rings. The van der Waals surface area contributed by atoms with Crippen molar-refractivity contribution >= 4 is 12.6 Å². The van der Waals surface area contributed by atoms with Crippen LogP contribution in [0.3, 0.4) is 0 Å². The third kappa shape index (κ3) is 3.80. The quantitative estimate of drug-likeness (QED) is 0.773. The molecule has 1 aromatic carbocycles. The Balaban J connectivity index is 3.02. The number of nitrogens with zero attached hydrogens (tertiary/aromatic N) is 1. The van der Waals surface area contributed by atoms with Gasteiger partial charge in [-0.05, 0) is 50.9 Å². The molecule has 0 aromatic heterocycles. The lowest BCUT2D eigenvalue weighted by Crippen LogP contribution is -2.40. The van der Waals surface area contributed by atoms with Crippen LogP contribution < -0.4 is 5.46 Å². The first-order valence-corrected chi connectivity index (χ1v) is 6.23. The van der Waals surface area contributed by atoms with E-state index in [2.05, 4.69) is 32.6 Å². The highest BCUT2D eigenvalue weighted by atomic mass is 19.1. The van der Waals surface area contributed by atoms with Gasteiger partial charge in [-0.2, -0.15) is 0 Å². The summed E-state index contributed by atoms with van der Waals surface area (Å²) in [5.41, 5.74) is 0.982. The van der Waals surface area contributed by atoms with Crippen LogP contribution in [-0.4, -0.2) is 34.2 Å². The van der Waals surface area contributed by atoms with Crippen LogP contribution in [0.5, 0.6) is 0 Å². The Kier molecular flexibility index (Phi) is 5.32. The summed E-state index contributed by atoms with van der Waals surface area (Å²) in [6, 6.07) is 4.80. The molecule has 0 radical (unpaired) electrons. The summed E-state index contributed by atoms with van der Waals surface area (Å²) >= 11 is 0. The van der Waals surface area contributed by atoms with Gasteiger partial charge in [0.05, 0.1) is 0 Å². The highest BCUT2D eigenvalue weighted by Gasteiger charge is 2.20. The van der Waals surface area contributed by atoms with Gasteiger partial charge in [0.15, 0.2) is 0 Å². The van der Waals surface area contributed by atoms with Crippen molar-refractivity contribution < 1.29 is 14.4 Å². The Hall–Kier alpha value is -0.905. The third-order valence-electron chi connectivity index (χ3n) is 3.07. The van der Waals surface area contributed by atoms with Crippen LogP contribution in [0.2, 0.25) is 0 Å². The molecule has 0 saturated carbocycles. The number of hydrogen-bond acceptors (Lipinski definition) is 3. The number of rotatable bonds is 5. The van der Waals surface area contributed by atoms with E-state index in [9.17, 15) is 14.4 Å². The Morgan fingerprint density at radius 1 is 1.17 bits per heavy atom. The molecule has 18 heavy (non-hydrogen) atoms. The van der Waals surface area contributed by atoms with Crippen LogP contribution in [0.25, 0.3) is 0 Å². The molecule has 0 atom stereocenters. The minimum atomic E-state index is -1.64. The fraction of sp³-hybridized carbons (Fsp3) is 0.538. The lowest BCUT2D eigenvalue weighted by Gasteiger charge is -2.31. The molecule has 5 heteroatoms. The minimum absolute atomic E-state index is 0.237. The topological polar surface area (TPSA) is 43.7 Å². The summed E-state index contributed by atoms with van der Waals surface area (Å²) in [7, 11) is -1.64. The number of benzene rings is 1. The molecule has 0 heterocycles. The second-order valence-electron chi connectivity index (χ2n) is 5.08. The predicted octanol–water partition coefficient (Wildman–Crippen LogP) is 1.12. The van der Waals surface area contributed by atoms with E-state index in [-0.39, 0.29) is 5.46 Å². The summed E-state index contributed by atoms with van der Waals surface area (Å²) in [4.78, 5) is 2.21. The Labute approximate surface area is 108 Å². The normalized spacial score (nSPS) is 11.7. The van der Waals surface area contributed by atoms with E-state index >= 15 is 0 Å². The molecule has 0 spiro atoms. The van der Waals surface area contributed by atoms with Crippen LogP contribution in [0.15, 0.2) is 18.2 Å². The standard InChI is InChI=1S/C13H21BFNO2/c1-9(2)16(10(3)4)8-11-5-6-12(15)7-13(11)14(17)18/h5-7,9-10,17-18H,8H2,1-4H3. The van der Waals surface area contributed by atoms with Crippen LogP contribution in [0.4, 0.5) is 4.39 Å². The molecule has 0 aliphatic carbocycles. The highest BCUT2D eigenvalue weighted by molar-refractivity contribution is 6.59. The van der Waals surface area contributed by atoms with Gasteiger partial charge >= 0.3 is 7.12 Å². The summed E-state index contributed by atoms with van der Waals surface area (Å²) in [5, 5.41) is 18.6. The first kappa shape index (κ1) is 15.2. The smallest absolute Gasteiger partial charge is 0.423 e. The van der Waals surface area contributed by atoms with Gasteiger partial charge < -0.3 is 10.0 Å². The maximum atomic E-state index is 13.1. The van der Waals surface area contributed by atoms with Gasteiger partial charge in [-0.3, -0.25) is 4.90 Å². The first-order valence-electron chi connectivity index (χ1n) is 6.23. The van der Waals surface area contributed by atoms with Crippen molar-refractivity contribution in [3.05, 3.63) is 29.6 Å². The van der Waals surface area contributed by atoms with Crippen molar-refractivity contribution in [2.45, 2.75) is 46.3 Å². The zero-order valence-electron chi connectivity index (χ0n) is 11.4. The van der Waals surface area contributed by atoms with E-state index in [0.29, 0.717) is 18.6 Å². The molecule has 0 aliphatic rings. The van der Waals surface area contributed by atoms with Crippen molar-refractivity contribution in [2.75, 3.05) is 0 Å². The van der Waals surface area contributed by atoms with E-state index in [1.54, 1.807) is 6.07 Å². The predicted molar refractivity (Wildman–Crippen MR) is 72.0 cm³/mol. The molecule has 0 aliphatic heterocycles. The van der Waals surface area contributed by atoms with E-state index < -0.39 is 12.9 Å². The fourth-order valence-corrected chi connectivity index (χ4v) is 2.11. The number of hydrogen-bond donors (Lipinski definition) is 2. The summed E-state index contributed by atoms with van der Waals surface area (Å²) in [6.45, 7) is 8.90. The van der Waals surface area contributed by atoms with Crippen molar-refractivity contribution in [3.8, 4) is 0 Å². The fourth-order valence-electron chi connectivity index (χ4n) is 2.11. The second-order valence-corrected chi connectivity index (χ2v) is 5.08. The van der Waals surface area contributed by atoms with Crippen molar-refractivity contribution in [2.24, 2.45) is 0 Å². The molecule has 0 bridgehead atoms. The van der Waals surface area contributed by atoms with Crippen molar-refractivity contribution in [3.63, 3.8) is 0 Å². The second kappa shape index (κ2) is 6.32. The van der Waals surface area contributed by atoms with E-state index in [1.165, 1.54) is 12.1 Å². The molecule has 1 rings (SSSR count). The zero-order chi connectivity index (χ0) is 13.9. The van der Waals surface area contributed by atoms with Crippen LogP contribution in [-0.2, 0) is 6.54 Å². The van der Waals surface area contributed by atoms with Crippen LogP contribution >= 0.6 is 0 Å². The molecule has 0 unspecified atom stereocenters. The van der Waals surface area contributed by atoms with E-state index in [1.807, 2.05) is 0 Å². The third-order valence-corrected chi connectivity index (χ3v) is 3.07. The Morgan fingerprint density at radius 3 is 2.17 bits per heavy atom. The molecule has 0 amide bonds. The van der Waals surface area contributed by atoms with Crippen LogP contribution in [0, 0.1) is 5.82 Å². The van der Waals surface area contributed by atoms with Crippen molar-refractivity contribution in [1.29, 1.82) is 0 Å². The lowest BCUT2D eigenvalue weighted by molar-refractivity contribution is 0.166. The molecule has 100 valence electrons. The maximum Gasteiger partial charge on any atom is 0.488 e. The summed E-state index contributed by atoms with van der Waals surface area (Å²) < 4.78 is 13.1. The SMILES string of the molecule is CC(C)N(Cc1ccc(F)cc1B(O)O)C(C)C. The summed E-state index contributed by atoms with van der Waals surface area (Å²) in [5.74, 6) is -0.456. The average molecular weight is 253 g/mol. The molecular formula is C13H21BFNO2. The van der Waals surface area contributed by atoms with Gasteiger partial charge in [0.2, 0.25) is 0 Å². The monoisotopic (exact) mass is 253 g/mol. The van der Waals surface area contributed by atoms with Gasteiger partial charge in [0.25, 0.3) is 0 Å². The maximum absolute atomic E-state index is 13.1. The van der Waals surface area contributed by atoms with E-state index in [4.69, 9.17) is 0 Å². The Morgan fingerprint density at radius 2 is 1.72 bits per heavy atom. The van der Waals surface area contributed by atoms with Crippen LogP contribution in [0.1, 0.15) is 33.3 Å². The van der Waals surface area contributed by atoms with Gasteiger partial charge in [-0.1, -0.05) is 6.07 Å². The van der Waals surface area contributed by atoms with Gasteiger partial charge in [0, 0.05) is 18.6 Å². The molecule has 0 saturated heterocycles. The van der Waals surface area contributed by atoms with Gasteiger partial charge in [-0.25, -0.2) is 4.39 Å². The Bertz CT molecular complexity index is 389. The molecule has 2 N–H and O–H groups in total. The zero-order valence-corrected chi connectivity index (χ0v) is 11.4. The van der Waals surface area contributed by atoms with Gasteiger partial charge in [0.1, 0.15) is 5.82 Å². The molecule has 1 aromatic rings. The number of halogens is 1. The molecular weight excluding hydrogens is 232 g/mol. The van der Waals surface area contributed by atoms with Crippen molar-refractivity contribution in [1.82, 2.24) is 4.90 Å². The average Bonchev–Trinajstić information content (AvgIpc) is 2.25. The lowest BCUT2D eigenvalue weighted by atomic mass is 9.76. The highest BCUT2D eigenvalue weighted by Crippen LogP contribution is 2.12. The van der Waals surface area contributed by atoms with Gasteiger partial charge in [-0.15, -0.1) is 0 Å². The first-order chi connectivity index (χ1) is 8.32. The minimum Gasteiger partial charge on any atom is -0.423 e. The van der Waals surface area contributed by atoms with E-state index in [0.717, 1.165) is 5.56 Å². The summed E-state index contributed by atoms with van der Waals surface area (Å²) in [6.07, 6.45) is 0. The largest absolute Gasteiger partial charge is 0.488 e. The molecule has 3 nitrogen and oxygen atoms in total.